The fraction of sp³-hybridized carbons (Fsp3) is 0.462. The monoisotopic (exact) mass is 217 g/mol. The SMILES string of the molecule is Cc1ccc2c(c1)C1(CCCNC1)OC2=O. The second kappa shape index (κ2) is 3.32. The van der Waals surface area contributed by atoms with Crippen LogP contribution in [-0.4, -0.2) is 19.1 Å². The minimum absolute atomic E-state index is 0.168. The molecule has 0 aliphatic carbocycles. The lowest BCUT2D eigenvalue weighted by molar-refractivity contribution is -0.0203. The average molecular weight is 217 g/mol. The van der Waals surface area contributed by atoms with Gasteiger partial charge in [-0.05, 0) is 32.4 Å². The molecule has 0 radical (unpaired) electrons. The van der Waals surface area contributed by atoms with Crippen molar-refractivity contribution in [2.75, 3.05) is 13.1 Å². The van der Waals surface area contributed by atoms with Crippen molar-refractivity contribution in [3.63, 3.8) is 0 Å². The topological polar surface area (TPSA) is 38.3 Å². The minimum atomic E-state index is -0.392. The number of carbonyl (C=O) groups is 1. The molecule has 3 heteroatoms. The van der Waals surface area contributed by atoms with Gasteiger partial charge < -0.3 is 10.1 Å². The Morgan fingerprint density at radius 1 is 1.44 bits per heavy atom. The highest BCUT2D eigenvalue weighted by molar-refractivity contribution is 5.95. The molecule has 1 fully saturated rings. The van der Waals surface area contributed by atoms with Crippen LogP contribution in [0.4, 0.5) is 0 Å². The van der Waals surface area contributed by atoms with Crippen molar-refractivity contribution in [3.05, 3.63) is 34.9 Å². The van der Waals surface area contributed by atoms with E-state index in [0.29, 0.717) is 0 Å². The first-order valence-corrected chi connectivity index (χ1v) is 5.76. The standard InChI is InChI=1S/C13H15NO2/c1-9-3-4-10-11(7-9)13(16-12(10)15)5-2-6-14-8-13/h3-4,7,14H,2,5-6,8H2,1H3. The van der Waals surface area contributed by atoms with Crippen molar-refractivity contribution >= 4 is 5.97 Å². The largest absolute Gasteiger partial charge is 0.449 e. The van der Waals surface area contributed by atoms with Gasteiger partial charge >= 0.3 is 5.97 Å². The van der Waals surface area contributed by atoms with Gasteiger partial charge in [0, 0.05) is 12.1 Å². The Morgan fingerprint density at radius 3 is 3.06 bits per heavy atom. The molecule has 1 saturated heterocycles. The summed E-state index contributed by atoms with van der Waals surface area (Å²) in [7, 11) is 0. The van der Waals surface area contributed by atoms with E-state index in [2.05, 4.69) is 11.4 Å². The van der Waals surface area contributed by atoms with Crippen LogP contribution in [0, 0.1) is 6.92 Å². The number of fused-ring (bicyclic) bond motifs is 2. The number of nitrogens with one attached hydrogen (secondary N) is 1. The maximum atomic E-state index is 11.8. The minimum Gasteiger partial charge on any atom is -0.449 e. The maximum Gasteiger partial charge on any atom is 0.339 e. The molecule has 0 aromatic heterocycles. The van der Waals surface area contributed by atoms with Crippen molar-refractivity contribution in [2.45, 2.75) is 25.4 Å². The third-order valence-electron chi connectivity index (χ3n) is 3.52. The highest BCUT2D eigenvalue weighted by Crippen LogP contribution is 2.41. The molecule has 0 amide bonds. The smallest absolute Gasteiger partial charge is 0.339 e. The van der Waals surface area contributed by atoms with Crippen molar-refractivity contribution in [1.29, 1.82) is 0 Å². The molecule has 1 aromatic carbocycles. The van der Waals surface area contributed by atoms with Gasteiger partial charge in [-0.25, -0.2) is 4.79 Å². The lowest BCUT2D eigenvalue weighted by Gasteiger charge is -2.33. The van der Waals surface area contributed by atoms with Gasteiger partial charge in [0.15, 0.2) is 5.60 Å². The number of carbonyl (C=O) groups excluding carboxylic acids is 1. The van der Waals surface area contributed by atoms with E-state index >= 15 is 0 Å². The fourth-order valence-corrected chi connectivity index (χ4v) is 2.70. The first kappa shape index (κ1) is 9.85. The van der Waals surface area contributed by atoms with Gasteiger partial charge in [-0.15, -0.1) is 0 Å². The molecular formula is C13H15NO2. The van der Waals surface area contributed by atoms with Crippen LogP contribution in [0.3, 0.4) is 0 Å². The maximum absolute atomic E-state index is 11.8. The predicted octanol–water partition coefficient (Wildman–Crippen LogP) is 1.74. The van der Waals surface area contributed by atoms with Crippen LogP contribution < -0.4 is 5.32 Å². The summed E-state index contributed by atoms with van der Waals surface area (Å²) in [6.45, 7) is 3.81. The molecule has 1 spiro atoms. The summed E-state index contributed by atoms with van der Waals surface area (Å²) < 4.78 is 5.61. The summed E-state index contributed by atoms with van der Waals surface area (Å²) in [6, 6.07) is 5.94. The number of hydrogen-bond donors (Lipinski definition) is 1. The van der Waals surface area contributed by atoms with Gasteiger partial charge in [0.25, 0.3) is 0 Å². The van der Waals surface area contributed by atoms with E-state index in [0.717, 1.165) is 37.1 Å². The summed E-state index contributed by atoms with van der Waals surface area (Å²) in [5.41, 5.74) is 2.61. The normalized spacial score (nSPS) is 27.9. The molecule has 0 bridgehead atoms. The first-order valence-electron chi connectivity index (χ1n) is 5.76. The van der Waals surface area contributed by atoms with Gasteiger partial charge in [0.05, 0.1) is 5.56 Å². The van der Waals surface area contributed by atoms with Gasteiger partial charge in [0.2, 0.25) is 0 Å². The van der Waals surface area contributed by atoms with E-state index in [-0.39, 0.29) is 5.97 Å². The molecule has 1 N–H and O–H groups in total. The number of hydrogen-bond acceptors (Lipinski definition) is 3. The van der Waals surface area contributed by atoms with Gasteiger partial charge in [-0.2, -0.15) is 0 Å². The van der Waals surface area contributed by atoms with E-state index in [1.807, 2.05) is 19.1 Å². The summed E-state index contributed by atoms with van der Waals surface area (Å²) in [5.74, 6) is -0.168. The Labute approximate surface area is 94.8 Å². The predicted molar refractivity (Wildman–Crippen MR) is 60.4 cm³/mol. The van der Waals surface area contributed by atoms with E-state index in [1.165, 1.54) is 5.56 Å². The van der Waals surface area contributed by atoms with Gasteiger partial charge in [-0.1, -0.05) is 17.7 Å². The summed E-state index contributed by atoms with van der Waals surface area (Å²) in [4.78, 5) is 11.8. The van der Waals surface area contributed by atoms with Crippen LogP contribution in [0.2, 0.25) is 0 Å². The van der Waals surface area contributed by atoms with Crippen molar-refractivity contribution in [3.8, 4) is 0 Å². The van der Waals surface area contributed by atoms with Crippen LogP contribution in [0.1, 0.15) is 34.3 Å². The Morgan fingerprint density at radius 2 is 2.31 bits per heavy atom. The zero-order chi connectivity index (χ0) is 11.2. The zero-order valence-corrected chi connectivity index (χ0v) is 9.38. The molecule has 3 rings (SSSR count). The number of benzene rings is 1. The second-order valence-corrected chi connectivity index (χ2v) is 4.71. The Bertz CT molecular complexity index is 447. The van der Waals surface area contributed by atoms with E-state index in [1.54, 1.807) is 0 Å². The van der Waals surface area contributed by atoms with E-state index in [4.69, 9.17) is 4.74 Å². The molecule has 1 atom stereocenters. The molecule has 1 aromatic rings. The van der Waals surface area contributed by atoms with E-state index < -0.39 is 5.60 Å². The third-order valence-corrected chi connectivity index (χ3v) is 3.52. The number of ether oxygens (including phenoxy) is 1. The highest BCUT2D eigenvalue weighted by atomic mass is 16.6. The number of piperidine rings is 1. The van der Waals surface area contributed by atoms with Crippen molar-refractivity contribution < 1.29 is 9.53 Å². The van der Waals surface area contributed by atoms with E-state index in [9.17, 15) is 4.79 Å². The molecule has 2 heterocycles. The Balaban J connectivity index is 2.12. The molecule has 0 saturated carbocycles. The molecular weight excluding hydrogens is 202 g/mol. The summed E-state index contributed by atoms with van der Waals surface area (Å²) in [6.07, 6.45) is 1.99. The first-order chi connectivity index (χ1) is 7.71. The summed E-state index contributed by atoms with van der Waals surface area (Å²) >= 11 is 0. The van der Waals surface area contributed by atoms with Crippen LogP contribution in [-0.2, 0) is 10.3 Å². The third kappa shape index (κ3) is 1.28. The van der Waals surface area contributed by atoms with Crippen LogP contribution >= 0.6 is 0 Å². The molecule has 2 aliphatic rings. The number of rotatable bonds is 0. The lowest BCUT2D eigenvalue weighted by atomic mass is 9.85. The molecule has 84 valence electrons. The lowest BCUT2D eigenvalue weighted by Crippen LogP contribution is -2.43. The quantitative estimate of drug-likeness (QED) is 0.673. The molecule has 1 unspecified atom stereocenters. The molecule has 16 heavy (non-hydrogen) atoms. The van der Waals surface area contributed by atoms with Crippen LogP contribution in [0.5, 0.6) is 0 Å². The molecule has 3 nitrogen and oxygen atoms in total. The molecule has 2 aliphatic heterocycles. The van der Waals surface area contributed by atoms with Gasteiger partial charge in [-0.3, -0.25) is 0 Å². The average Bonchev–Trinajstić information content (AvgIpc) is 2.53. The Kier molecular flexibility index (Phi) is 2.04. The van der Waals surface area contributed by atoms with Crippen molar-refractivity contribution in [1.82, 2.24) is 5.32 Å². The highest BCUT2D eigenvalue weighted by Gasteiger charge is 2.45. The second-order valence-electron chi connectivity index (χ2n) is 4.71. The van der Waals surface area contributed by atoms with Crippen LogP contribution in [0.25, 0.3) is 0 Å². The van der Waals surface area contributed by atoms with Crippen LogP contribution in [0.15, 0.2) is 18.2 Å². The Hall–Kier alpha value is -1.35. The number of aryl methyl sites for hydroxylation is 1. The summed E-state index contributed by atoms with van der Waals surface area (Å²) in [5, 5.41) is 3.32. The fourth-order valence-electron chi connectivity index (χ4n) is 2.70. The zero-order valence-electron chi connectivity index (χ0n) is 9.38. The van der Waals surface area contributed by atoms with Gasteiger partial charge in [0.1, 0.15) is 0 Å². The van der Waals surface area contributed by atoms with Crippen molar-refractivity contribution in [2.24, 2.45) is 0 Å². The number of esters is 1.